The second-order valence-corrected chi connectivity index (χ2v) is 16.4. The van der Waals surface area contributed by atoms with E-state index in [-0.39, 0.29) is 54.3 Å². The van der Waals surface area contributed by atoms with E-state index in [1.807, 2.05) is 27.7 Å². The van der Waals surface area contributed by atoms with Crippen molar-refractivity contribution in [2.24, 2.45) is 17.3 Å². The Hall–Kier alpha value is -2.99. The van der Waals surface area contributed by atoms with Gasteiger partial charge in [-0.25, -0.2) is 4.98 Å². The third-order valence-corrected chi connectivity index (χ3v) is 10.1. The second kappa shape index (κ2) is 16.8. The maximum atomic E-state index is 11.7. The Labute approximate surface area is 311 Å². The zero-order chi connectivity index (χ0) is 35.4. The molecule has 5 rings (SSSR count). The number of nitrogens with zero attached hydrogens (tertiary/aromatic N) is 3. The fraction of sp³-hybridized carbons (Fsp3) is 0.476. The number of benzene rings is 2. The summed E-state index contributed by atoms with van der Waals surface area (Å²) in [5.74, 6) is 0.547. The first kappa shape index (κ1) is 40.4. The molecule has 7 heteroatoms. The van der Waals surface area contributed by atoms with E-state index in [0.29, 0.717) is 0 Å². The van der Waals surface area contributed by atoms with Crippen LogP contribution in [0, 0.1) is 30.2 Å². The van der Waals surface area contributed by atoms with Crippen LogP contribution < -0.4 is 0 Å². The molecular formula is C42H54IrN3O2S-. The second-order valence-electron chi connectivity index (χ2n) is 15.3. The molecule has 0 aliphatic heterocycles. The number of hydrogen-bond donors (Lipinski definition) is 1. The van der Waals surface area contributed by atoms with Gasteiger partial charge in [-0.1, -0.05) is 98.4 Å². The Morgan fingerprint density at radius 3 is 2.14 bits per heavy atom. The van der Waals surface area contributed by atoms with Crippen LogP contribution in [0.4, 0.5) is 0 Å². The van der Waals surface area contributed by atoms with Crippen molar-refractivity contribution in [3.63, 3.8) is 0 Å². The average Bonchev–Trinajstić information content (AvgIpc) is 3.38. The molecule has 1 radical (unpaired) electrons. The van der Waals surface area contributed by atoms with Crippen LogP contribution in [0.25, 0.3) is 42.5 Å². The zero-order valence-corrected chi connectivity index (χ0v) is 34.5. The fourth-order valence-electron chi connectivity index (χ4n) is 6.26. The minimum Gasteiger partial charge on any atom is -0.512 e. The number of allylic oxidation sites excluding steroid dienone is 2. The first-order chi connectivity index (χ1) is 22.6. The summed E-state index contributed by atoms with van der Waals surface area (Å²) < 4.78 is 2.33. The number of fused-ring (bicyclic) bond motifs is 4. The van der Waals surface area contributed by atoms with Crippen molar-refractivity contribution in [3.8, 4) is 11.4 Å². The Balaban J connectivity index is 0.000000347. The van der Waals surface area contributed by atoms with E-state index in [0.717, 1.165) is 64.8 Å². The molecule has 265 valence electrons. The minimum absolute atomic E-state index is 0. The van der Waals surface area contributed by atoms with E-state index in [9.17, 15) is 9.90 Å². The van der Waals surface area contributed by atoms with Crippen molar-refractivity contribution in [1.82, 2.24) is 15.0 Å². The molecule has 5 nitrogen and oxygen atoms in total. The Kier molecular flexibility index (Phi) is 13.9. The zero-order valence-electron chi connectivity index (χ0n) is 31.2. The van der Waals surface area contributed by atoms with Gasteiger partial charge in [-0.05, 0) is 61.5 Å². The van der Waals surface area contributed by atoms with E-state index in [1.165, 1.54) is 32.7 Å². The Morgan fingerprint density at radius 2 is 1.55 bits per heavy atom. The SMILES string of the molecule is CCC(CC)C(=O)/C=C(\O)C(CC)CC.Cc1ccc2[c-]c(-c3ncnc4c3sc3cc(CC(C)(C)C)ccc34)nc(C(C)(C)C)c2c1.[Ir]. The van der Waals surface area contributed by atoms with Gasteiger partial charge in [-0.2, -0.15) is 0 Å². The monoisotopic (exact) mass is 857 g/mol. The van der Waals surface area contributed by atoms with Gasteiger partial charge in [0.25, 0.3) is 0 Å². The van der Waals surface area contributed by atoms with E-state index in [2.05, 4.69) is 95.9 Å². The van der Waals surface area contributed by atoms with Crippen molar-refractivity contribution < 1.29 is 30.0 Å². The molecule has 0 saturated heterocycles. The smallest absolute Gasteiger partial charge is 0.162 e. The normalized spacial score (nSPS) is 12.5. The van der Waals surface area contributed by atoms with Gasteiger partial charge in [0, 0.05) is 69.9 Å². The van der Waals surface area contributed by atoms with Crippen molar-refractivity contribution in [2.75, 3.05) is 0 Å². The fourth-order valence-corrected chi connectivity index (χ4v) is 7.47. The topological polar surface area (TPSA) is 76.0 Å². The number of hydrogen-bond acceptors (Lipinski definition) is 6. The van der Waals surface area contributed by atoms with Crippen molar-refractivity contribution in [2.45, 2.75) is 114 Å². The summed E-state index contributed by atoms with van der Waals surface area (Å²) in [7, 11) is 0. The first-order valence-electron chi connectivity index (χ1n) is 17.5. The molecule has 3 heterocycles. The number of aromatic nitrogens is 3. The number of aryl methyl sites for hydroxylation is 1. The largest absolute Gasteiger partial charge is 0.512 e. The van der Waals surface area contributed by atoms with E-state index >= 15 is 0 Å². The number of aliphatic hydroxyl groups is 1. The molecular weight excluding hydrogens is 803 g/mol. The van der Waals surface area contributed by atoms with Crippen LogP contribution in [-0.2, 0) is 36.7 Å². The molecule has 0 aliphatic carbocycles. The van der Waals surface area contributed by atoms with Gasteiger partial charge in [-0.15, -0.1) is 34.9 Å². The molecule has 3 aromatic heterocycles. The first-order valence-corrected chi connectivity index (χ1v) is 18.4. The van der Waals surface area contributed by atoms with Crippen molar-refractivity contribution in [3.05, 3.63) is 77.4 Å². The molecule has 0 fully saturated rings. The molecule has 0 aliphatic rings. The predicted molar refractivity (Wildman–Crippen MR) is 205 cm³/mol. The van der Waals surface area contributed by atoms with Gasteiger partial charge < -0.3 is 5.11 Å². The quantitative estimate of drug-likeness (QED) is 0.0908. The Bertz CT molecular complexity index is 1920. The third kappa shape index (κ3) is 9.83. The number of ketones is 1. The number of carbonyl (C=O) groups excluding carboxylic acids is 1. The van der Waals surface area contributed by atoms with Crippen LogP contribution in [0.2, 0.25) is 0 Å². The third-order valence-electron chi connectivity index (χ3n) is 8.98. The number of thiophene rings is 1. The van der Waals surface area contributed by atoms with Crippen LogP contribution in [0.5, 0.6) is 0 Å². The van der Waals surface area contributed by atoms with Gasteiger partial charge in [-0.3, -0.25) is 14.8 Å². The summed E-state index contributed by atoms with van der Waals surface area (Å²) in [6.07, 6.45) is 7.62. The molecule has 49 heavy (non-hydrogen) atoms. The number of rotatable bonds is 9. The molecule has 2 aromatic carbocycles. The number of aliphatic hydroxyl groups excluding tert-OH is 1. The summed E-state index contributed by atoms with van der Waals surface area (Å²) in [6, 6.07) is 16.8. The molecule has 0 atom stereocenters. The average molecular weight is 857 g/mol. The van der Waals surface area contributed by atoms with Crippen molar-refractivity contribution >= 4 is 48.2 Å². The standard InChI is InChI=1S/C29H30N3S.C13H24O2.Ir/c1-17-8-10-19-14-22(32-27(21(19)12-17)29(5,6)7)25-26-24(30-16-31-25)20-11-9-18(13-23(20)33-26)15-28(2,3)4;1-5-10(6-2)12(14)9-13(15)11(7-3)8-4;/h8-13,16H,15H2,1-7H3;9-11,14H,5-8H2,1-4H3;/q-1;;/b;12-9-;. The molecule has 0 unspecified atom stereocenters. The van der Waals surface area contributed by atoms with Gasteiger partial charge in [0.1, 0.15) is 6.33 Å². The Morgan fingerprint density at radius 1 is 0.898 bits per heavy atom. The summed E-state index contributed by atoms with van der Waals surface area (Å²) in [6.45, 7) is 23.7. The van der Waals surface area contributed by atoms with Gasteiger partial charge in [0.2, 0.25) is 0 Å². The predicted octanol–water partition coefficient (Wildman–Crippen LogP) is 11.9. The summed E-state index contributed by atoms with van der Waals surface area (Å²) >= 11 is 1.76. The van der Waals surface area contributed by atoms with E-state index in [1.54, 1.807) is 17.7 Å². The van der Waals surface area contributed by atoms with Crippen LogP contribution in [0.3, 0.4) is 0 Å². The maximum absolute atomic E-state index is 11.7. The maximum Gasteiger partial charge on any atom is 0.162 e. The summed E-state index contributed by atoms with van der Waals surface area (Å²) in [5.41, 5.74) is 6.49. The molecule has 0 amide bonds. The number of pyridine rings is 1. The van der Waals surface area contributed by atoms with Gasteiger partial charge >= 0.3 is 0 Å². The molecule has 0 spiro atoms. The van der Waals surface area contributed by atoms with Gasteiger partial charge in [0.15, 0.2) is 5.78 Å². The summed E-state index contributed by atoms with van der Waals surface area (Å²) in [5, 5.41) is 13.2. The molecule has 1 N–H and O–H groups in total. The van der Waals surface area contributed by atoms with Crippen LogP contribution in [-0.4, -0.2) is 25.8 Å². The summed E-state index contributed by atoms with van der Waals surface area (Å²) in [4.78, 5) is 26.2. The van der Waals surface area contributed by atoms with Crippen LogP contribution in [0.15, 0.2) is 54.6 Å². The van der Waals surface area contributed by atoms with E-state index in [4.69, 9.17) is 9.97 Å². The minimum atomic E-state index is -0.0932. The number of carbonyl (C=O) groups is 1. The van der Waals surface area contributed by atoms with E-state index < -0.39 is 0 Å². The van der Waals surface area contributed by atoms with Crippen LogP contribution >= 0.6 is 11.3 Å². The van der Waals surface area contributed by atoms with Crippen molar-refractivity contribution in [1.29, 1.82) is 0 Å². The van der Waals surface area contributed by atoms with Crippen LogP contribution in [0.1, 0.15) is 112 Å². The van der Waals surface area contributed by atoms with Gasteiger partial charge in [0.05, 0.1) is 11.3 Å². The molecule has 5 aromatic rings. The molecule has 0 bridgehead atoms. The molecule has 0 saturated carbocycles.